The summed E-state index contributed by atoms with van der Waals surface area (Å²) in [6.45, 7) is 2.03. The van der Waals surface area contributed by atoms with E-state index in [-0.39, 0.29) is 0 Å². The molecule has 2 aromatic rings. The van der Waals surface area contributed by atoms with Crippen LogP contribution in [0.5, 0.6) is 0 Å². The van der Waals surface area contributed by atoms with Crippen LogP contribution in [-0.4, -0.2) is 23.8 Å². The summed E-state index contributed by atoms with van der Waals surface area (Å²) in [6, 6.07) is 16.6. The average Bonchev–Trinajstić information content (AvgIpc) is 2.45. The van der Waals surface area contributed by atoms with Gasteiger partial charge in [0.05, 0.1) is 0 Å². The van der Waals surface area contributed by atoms with Crippen LogP contribution < -0.4 is 5.32 Å². The molecule has 1 aromatic carbocycles. The summed E-state index contributed by atoms with van der Waals surface area (Å²) in [4.78, 5) is 5.64. The van der Waals surface area contributed by atoms with E-state index >= 15 is 0 Å². The smallest absolute Gasteiger partial charge is 0.0416 e. The van der Waals surface area contributed by atoms with Gasteiger partial charge in [0.2, 0.25) is 0 Å². The van der Waals surface area contributed by atoms with Crippen molar-refractivity contribution in [1.29, 1.82) is 0 Å². The number of nitrogens with one attached hydrogen (secondary N) is 1. The molecule has 18 heavy (non-hydrogen) atoms. The highest BCUT2D eigenvalue weighted by molar-refractivity contribution is 7.99. The lowest BCUT2D eigenvalue weighted by Crippen LogP contribution is -2.20. The van der Waals surface area contributed by atoms with Crippen LogP contribution in [0.2, 0.25) is 0 Å². The zero-order valence-corrected chi connectivity index (χ0v) is 11.2. The van der Waals surface area contributed by atoms with E-state index in [2.05, 4.69) is 46.7 Å². The number of hydrogen-bond acceptors (Lipinski definition) is 3. The molecule has 0 aliphatic heterocycles. The summed E-state index contributed by atoms with van der Waals surface area (Å²) in [5.41, 5.74) is 1.15. The zero-order chi connectivity index (χ0) is 12.5. The van der Waals surface area contributed by atoms with Gasteiger partial charge in [0, 0.05) is 42.0 Å². The second-order valence-corrected chi connectivity index (χ2v) is 5.15. The Hall–Kier alpha value is -1.32. The summed E-state index contributed by atoms with van der Waals surface area (Å²) in [5, 5.41) is 3.44. The van der Waals surface area contributed by atoms with E-state index in [1.807, 2.05) is 30.1 Å². The Balaban J connectivity index is 1.54. The Morgan fingerprint density at radius 2 is 1.78 bits per heavy atom. The molecule has 1 heterocycles. The van der Waals surface area contributed by atoms with Gasteiger partial charge in [0.1, 0.15) is 0 Å². The SMILES string of the molecule is c1ccc(SCCNCCc2ccccn2)cc1. The van der Waals surface area contributed by atoms with Gasteiger partial charge in [-0.3, -0.25) is 4.98 Å². The van der Waals surface area contributed by atoms with Crippen LogP contribution in [0.1, 0.15) is 5.69 Å². The van der Waals surface area contributed by atoms with Crippen LogP contribution in [0.3, 0.4) is 0 Å². The van der Waals surface area contributed by atoms with Crippen molar-refractivity contribution in [3.8, 4) is 0 Å². The summed E-state index contributed by atoms with van der Waals surface area (Å²) in [5.74, 6) is 1.10. The Labute approximate surface area is 113 Å². The highest BCUT2D eigenvalue weighted by atomic mass is 32.2. The third-order valence-electron chi connectivity index (χ3n) is 2.57. The molecule has 2 rings (SSSR count). The minimum atomic E-state index is 0.992. The molecule has 0 radical (unpaired) electrons. The maximum Gasteiger partial charge on any atom is 0.0416 e. The second kappa shape index (κ2) is 7.90. The molecule has 0 amide bonds. The molecule has 3 heteroatoms. The minimum Gasteiger partial charge on any atom is -0.316 e. The number of aromatic nitrogens is 1. The van der Waals surface area contributed by atoms with Crippen molar-refractivity contribution in [2.45, 2.75) is 11.3 Å². The summed E-state index contributed by atoms with van der Waals surface area (Å²) >= 11 is 1.89. The molecular formula is C15H18N2S. The van der Waals surface area contributed by atoms with Gasteiger partial charge >= 0.3 is 0 Å². The van der Waals surface area contributed by atoms with E-state index < -0.39 is 0 Å². The fourth-order valence-electron chi connectivity index (χ4n) is 1.65. The quantitative estimate of drug-likeness (QED) is 0.610. The van der Waals surface area contributed by atoms with E-state index in [0.29, 0.717) is 0 Å². The molecule has 1 aromatic heterocycles. The molecule has 2 nitrogen and oxygen atoms in total. The molecule has 0 aliphatic carbocycles. The first-order valence-electron chi connectivity index (χ1n) is 6.23. The Bertz CT molecular complexity index is 387. The fraction of sp³-hybridized carbons (Fsp3) is 0.267. The number of hydrogen-bond donors (Lipinski definition) is 1. The second-order valence-electron chi connectivity index (χ2n) is 3.98. The highest BCUT2D eigenvalue weighted by Gasteiger charge is 1.94. The summed E-state index contributed by atoms with van der Waals surface area (Å²) in [6.07, 6.45) is 2.84. The van der Waals surface area contributed by atoms with Crippen molar-refractivity contribution in [1.82, 2.24) is 10.3 Å². The van der Waals surface area contributed by atoms with Gasteiger partial charge in [-0.25, -0.2) is 0 Å². The van der Waals surface area contributed by atoms with E-state index in [1.54, 1.807) is 0 Å². The molecule has 0 unspecified atom stereocenters. The van der Waals surface area contributed by atoms with Crippen LogP contribution in [0.25, 0.3) is 0 Å². The average molecular weight is 258 g/mol. The van der Waals surface area contributed by atoms with Crippen LogP contribution in [0.15, 0.2) is 59.6 Å². The van der Waals surface area contributed by atoms with E-state index in [0.717, 1.165) is 31.0 Å². The molecule has 0 aliphatic rings. The van der Waals surface area contributed by atoms with Crippen LogP contribution in [0.4, 0.5) is 0 Å². The van der Waals surface area contributed by atoms with Crippen molar-refractivity contribution >= 4 is 11.8 Å². The maximum absolute atomic E-state index is 4.30. The largest absolute Gasteiger partial charge is 0.316 e. The van der Waals surface area contributed by atoms with Gasteiger partial charge in [-0.05, 0) is 24.3 Å². The van der Waals surface area contributed by atoms with Crippen LogP contribution in [-0.2, 0) is 6.42 Å². The third kappa shape index (κ3) is 4.90. The Kier molecular flexibility index (Phi) is 5.76. The third-order valence-corrected chi connectivity index (χ3v) is 3.59. The number of benzene rings is 1. The molecule has 0 spiro atoms. The van der Waals surface area contributed by atoms with Crippen molar-refractivity contribution in [2.24, 2.45) is 0 Å². The molecule has 0 fully saturated rings. The first-order chi connectivity index (χ1) is 8.95. The van der Waals surface area contributed by atoms with Gasteiger partial charge in [-0.15, -0.1) is 11.8 Å². The molecule has 1 N–H and O–H groups in total. The van der Waals surface area contributed by atoms with Crippen LogP contribution >= 0.6 is 11.8 Å². The first-order valence-corrected chi connectivity index (χ1v) is 7.22. The van der Waals surface area contributed by atoms with Crippen molar-refractivity contribution in [3.63, 3.8) is 0 Å². The minimum absolute atomic E-state index is 0.992. The van der Waals surface area contributed by atoms with Gasteiger partial charge < -0.3 is 5.32 Å². The summed E-state index contributed by atoms with van der Waals surface area (Å²) < 4.78 is 0. The fourth-order valence-corrected chi connectivity index (χ4v) is 2.48. The summed E-state index contributed by atoms with van der Waals surface area (Å²) in [7, 11) is 0. The van der Waals surface area contributed by atoms with Gasteiger partial charge in [-0.1, -0.05) is 24.3 Å². The first kappa shape index (κ1) is 13.1. The highest BCUT2D eigenvalue weighted by Crippen LogP contribution is 2.15. The normalized spacial score (nSPS) is 10.4. The Morgan fingerprint density at radius 1 is 0.944 bits per heavy atom. The van der Waals surface area contributed by atoms with Crippen molar-refractivity contribution in [3.05, 3.63) is 60.4 Å². The van der Waals surface area contributed by atoms with E-state index in [1.165, 1.54) is 4.90 Å². The lowest BCUT2D eigenvalue weighted by molar-refractivity contribution is 0.712. The molecule has 94 valence electrons. The number of thioether (sulfide) groups is 1. The predicted molar refractivity (Wildman–Crippen MR) is 78.0 cm³/mol. The molecule has 0 saturated heterocycles. The van der Waals surface area contributed by atoms with Gasteiger partial charge in [0.25, 0.3) is 0 Å². The molecule has 0 saturated carbocycles. The van der Waals surface area contributed by atoms with E-state index in [4.69, 9.17) is 0 Å². The van der Waals surface area contributed by atoms with Gasteiger partial charge in [0.15, 0.2) is 0 Å². The molecule has 0 atom stereocenters. The number of pyridine rings is 1. The van der Waals surface area contributed by atoms with Crippen molar-refractivity contribution < 1.29 is 0 Å². The Morgan fingerprint density at radius 3 is 2.56 bits per heavy atom. The van der Waals surface area contributed by atoms with Gasteiger partial charge in [-0.2, -0.15) is 0 Å². The lowest BCUT2D eigenvalue weighted by Gasteiger charge is -2.04. The topological polar surface area (TPSA) is 24.9 Å². The molecular weight excluding hydrogens is 240 g/mol. The monoisotopic (exact) mass is 258 g/mol. The lowest BCUT2D eigenvalue weighted by atomic mass is 10.3. The van der Waals surface area contributed by atoms with Crippen LogP contribution in [0, 0.1) is 0 Å². The predicted octanol–water partition coefficient (Wildman–Crippen LogP) is 3.01. The number of nitrogens with zero attached hydrogens (tertiary/aromatic N) is 1. The standard InChI is InChI=1S/C15H18N2S/c1-2-7-15(8-3-1)18-13-12-16-11-9-14-6-4-5-10-17-14/h1-8,10,16H,9,11-13H2. The van der Waals surface area contributed by atoms with E-state index in [9.17, 15) is 0 Å². The maximum atomic E-state index is 4.30. The number of rotatable bonds is 7. The zero-order valence-electron chi connectivity index (χ0n) is 10.4. The van der Waals surface area contributed by atoms with Crippen molar-refractivity contribution in [2.75, 3.05) is 18.8 Å². The molecule has 0 bridgehead atoms.